The van der Waals surface area contributed by atoms with Crippen molar-refractivity contribution in [1.29, 1.82) is 15.8 Å². The van der Waals surface area contributed by atoms with Crippen LogP contribution >= 0.6 is 0 Å². The van der Waals surface area contributed by atoms with Crippen molar-refractivity contribution in [2.75, 3.05) is 12.4 Å². The first-order chi connectivity index (χ1) is 13.6. The zero-order valence-corrected chi connectivity index (χ0v) is 16.6. The van der Waals surface area contributed by atoms with Gasteiger partial charge in [-0.25, -0.2) is 9.59 Å². The monoisotopic (exact) mass is 395 g/mol. The highest BCUT2D eigenvalue weighted by Crippen LogP contribution is 2.15. The van der Waals surface area contributed by atoms with E-state index in [9.17, 15) is 9.59 Å². The van der Waals surface area contributed by atoms with Crippen molar-refractivity contribution < 1.29 is 19.1 Å². The number of anilines is 1. The summed E-state index contributed by atoms with van der Waals surface area (Å²) in [6.07, 6.45) is -0.593. The summed E-state index contributed by atoms with van der Waals surface area (Å²) in [6.45, 7) is 5.12. The lowest BCUT2D eigenvalue weighted by molar-refractivity contribution is -0.143. The Labute approximate surface area is 169 Å². The molecule has 9 nitrogen and oxygen atoms in total. The number of hydrogen-bond acceptors (Lipinski definition) is 8. The number of carbonyl (C=O) groups is 2. The first-order valence-corrected chi connectivity index (χ1v) is 8.51. The minimum atomic E-state index is -0.952. The van der Waals surface area contributed by atoms with E-state index in [-0.39, 0.29) is 17.7 Å². The number of nitrogens with one attached hydrogen (secondary N) is 2. The second-order valence-corrected chi connectivity index (χ2v) is 6.83. The van der Waals surface area contributed by atoms with Crippen LogP contribution in [0.2, 0.25) is 0 Å². The highest BCUT2D eigenvalue weighted by molar-refractivity contribution is 5.81. The molecule has 0 bridgehead atoms. The Kier molecular flexibility index (Phi) is 8.21. The number of rotatable bonds is 6. The van der Waals surface area contributed by atoms with Crippen molar-refractivity contribution >= 4 is 17.7 Å². The van der Waals surface area contributed by atoms with Gasteiger partial charge in [0.25, 0.3) is 0 Å². The molecule has 1 aromatic carbocycles. The van der Waals surface area contributed by atoms with Crippen LogP contribution in [0.4, 0.5) is 10.5 Å². The SMILES string of the molecule is COC(=O)C(Cc1ccc(NC(C#N)=C(C#N)C#N)cc1)NC(=O)OC(C)(C)C. The lowest BCUT2D eigenvalue weighted by Gasteiger charge is -2.22. The molecule has 1 rings (SSSR count). The summed E-state index contributed by atoms with van der Waals surface area (Å²) in [5.74, 6) is -0.625. The quantitative estimate of drug-likeness (QED) is 0.551. The zero-order valence-electron chi connectivity index (χ0n) is 16.6. The van der Waals surface area contributed by atoms with Gasteiger partial charge in [-0.15, -0.1) is 0 Å². The fourth-order valence-corrected chi connectivity index (χ4v) is 2.17. The van der Waals surface area contributed by atoms with Crippen molar-refractivity contribution in [1.82, 2.24) is 5.32 Å². The van der Waals surface area contributed by atoms with Crippen molar-refractivity contribution in [3.05, 3.63) is 41.1 Å². The molecule has 0 saturated carbocycles. The maximum absolute atomic E-state index is 12.0. The van der Waals surface area contributed by atoms with Gasteiger partial charge in [0.1, 0.15) is 35.5 Å². The van der Waals surface area contributed by atoms with Crippen molar-refractivity contribution in [2.24, 2.45) is 0 Å². The van der Waals surface area contributed by atoms with E-state index in [0.717, 1.165) is 0 Å². The van der Waals surface area contributed by atoms with Crippen LogP contribution in [0.15, 0.2) is 35.5 Å². The normalized spacial score (nSPS) is 10.9. The molecule has 0 fully saturated rings. The Morgan fingerprint density at radius 2 is 1.66 bits per heavy atom. The molecule has 0 aliphatic rings. The van der Waals surface area contributed by atoms with E-state index in [4.69, 9.17) is 25.3 Å². The maximum Gasteiger partial charge on any atom is 0.408 e. The molecule has 1 atom stereocenters. The van der Waals surface area contributed by atoms with Gasteiger partial charge in [0.05, 0.1) is 7.11 Å². The molecular weight excluding hydrogens is 374 g/mol. The van der Waals surface area contributed by atoms with Crippen molar-refractivity contribution in [2.45, 2.75) is 38.8 Å². The van der Waals surface area contributed by atoms with Crippen LogP contribution in [0.1, 0.15) is 26.3 Å². The smallest absolute Gasteiger partial charge is 0.408 e. The van der Waals surface area contributed by atoms with Crippen LogP contribution in [0, 0.1) is 34.0 Å². The van der Waals surface area contributed by atoms with Crippen LogP contribution in [0.3, 0.4) is 0 Å². The molecule has 150 valence electrons. The largest absolute Gasteiger partial charge is 0.467 e. The van der Waals surface area contributed by atoms with Gasteiger partial charge in [-0.3, -0.25) is 0 Å². The van der Waals surface area contributed by atoms with E-state index in [1.165, 1.54) is 7.11 Å². The van der Waals surface area contributed by atoms with E-state index in [1.54, 1.807) is 63.2 Å². The van der Waals surface area contributed by atoms with Crippen LogP contribution in [0.25, 0.3) is 0 Å². The highest BCUT2D eigenvalue weighted by atomic mass is 16.6. The molecule has 1 amide bonds. The third kappa shape index (κ3) is 7.62. The number of nitriles is 3. The van der Waals surface area contributed by atoms with Gasteiger partial charge in [-0.1, -0.05) is 12.1 Å². The minimum absolute atomic E-state index is 0.148. The molecule has 0 radical (unpaired) electrons. The summed E-state index contributed by atoms with van der Waals surface area (Å²) in [5.41, 5.74) is -0.0329. The number of alkyl carbamates (subject to hydrolysis) is 1. The molecule has 0 heterocycles. The Morgan fingerprint density at radius 1 is 1.07 bits per heavy atom. The molecule has 1 aromatic rings. The van der Waals surface area contributed by atoms with Gasteiger partial charge in [0.2, 0.25) is 0 Å². The third-order valence-electron chi connectivity index (χ3n) is 3.43. The average Bonchev–Trinajstić information content (AvgIpc) is 2.66. The predicted octanol–water partition coefficient (Wildman–Crippen LogP) is 2.53. The fourth-order valence-electron chi connectivity index (χ4n) is 2.17. The van der Waals surface area contributed by atoms with E-state index < -0.39 is 23.7 Å². The molecule has 0 aromatic heterocycles. The second-order valence-electron chi connectivity index (χ2n) is 6.83. The van der Waals surface area contributed by atoms with Gasteiger partial charge in [0.15, 0.2) is 5.57 Å². The number of methoxy groups -OCH3 is 1. The van der Waals surface area contributed by atoms with Crippen LogP contribution in [-0.2, 0) is 20.7 Å². The van der Waals surface area contributed by atoms with E-state index in [1.807, 2.05) is 0 Å². The first-order valence-electron chi connectivity index (χ1n) is 8.51. The number of esters is 1. The first kappa shape index (κ1) is 23.0. The standard InChI is InChI=1S/C20H21N5O4/c1-20(2,3)29-19(27)25-16(18(26)28-4)9-13-5-7-15(8-6-13)24-17(12-23)14(10-21)11-22/h5-8,16,24H,9H2,1-4H3,(H,25,27). The Bertz CT molecular complexity index is 893. The van der Waals surface area contributed by atoms with Gasteiger partial charge in [0, 0.05) is 12.1 Å². The molecule has 0 aliphatic heterocycles. The number of hydrogen-bond donors (Lipinski definition) is 2. The molecule has 2 N–H and O–H groups in total. The van der Waals surface area contributed by atoms with E-state index in [2.05, 4.69) is 10.6 Å². The average molecular weight is 395 g/mol. The lowest BCUT2D eigenvalue weighted by atomic mass is 10.1. The molecule has 9 heteroatoms. The van der Waals surface area contributed by atoms with Crippen LogP contribution in [-0.4, -0.2) is 30.8 Å². The number of ether oxygens (including phenoxy) is 2. The number of allylic oxidation sites excluding steroid dienone is 2. The number of amides is 1. The topological polar surface area (TPSA) is 148 Å². The zero-order chi connectivity index (χ0) is 22.0. The van der Waals surface area contributed by atoms with Crippen molar-refractivity contribution in [3.8, 4) is 18.2 Å². The third-order valence-corrected chi connectivity index (χ3v) is 3.43. The molecule has 0 aliphatic carbocycles. The van der Waals surface area contributed by atoms with E-state index >= 15 is 0 Å². The van der Waals surface area contributed by atoms with Gasteiger partial charge < -0.3 is 20.1 Å². The summed E-state index contributed by atoms with van der Waals surface area (Å²) in [5, 5.41) is 32.0. The van der Waals surface area contributed by atoms with Gasteiger partial charge in [-0.05, 0) is 38.5 Å². The summed E-state index contributed by atoms with van der Waals surface area (Å²) < 4.78 is 9.90. The second kappa shape index (κ2) is 10.3. The molecule has 0 saturated heterocycles. The Balaban J connectivity index is 2.92. The molecular formula is C20H21N5O4. The predicted molar refractivity (Wildman–Crippen MR) is 103 cm³/mol. The number of nitrogens with zero attached hydrogens (tertiary/aromatic N) is 3. The minimum Gasteiger partial charge on any atom is -0.467 e. The summed E-state index contributed by atoms with van der Waals surface area (Å²) >= 11 is 0. The Hall–Kier alpha value is -4.03. The fraction of sp³-hybridized carbons (Fsp3) is 0.350. The number of benzene rings is 1. The molecule has 29 heavy (non-hydrogen) atoms. The van der Waals surface area contributed by atoms with Crippen LogP contribution < -0.4 is 10.6 Å². The number of carbonyl (C=O) groups excluding carboxylic acids is 2. The maximum atomic E-state index is 12.0. The lowest BCUT2D eigenvalue weighted by Crippen LogP contribution is -2.45. The molecule has 0 spiro atoms. The molecule has 1 unspecified atom stereocenters. The van der Waals surface area contributed by atoms with Gasteiger partial charge in [-0.2, -0.15) is 15.8 Å². The van der Waals surface area contributed by atoms with Gasteiger partial charge >= 0.3 is 12.1 Å². The van der Waals surface area contributed by atoms with Crippen LogP contribution in [0.5, 0.6) is 0 Å². The highest BCUT2D eigenvalue weighted by Gasteiger charge is 2.25. The summed E-state index contributed by atoms with van der Waals surface area (Å²) in [6, 6.07) is 10.7. The summed E-state index contributed by atoms with van der Waals surface area (Å²) in [7, 11) is 1.22. The van der Waals surface area contributed by atoms with E-state index in [0.29, 0.717) is 11.3 Å². The Morgan fingerprint density at radius 3 is 2.10 bits per heavy atom. The van der Waals surface area contributed by atoms with Crippen molar-refractivity contribution in [3.63, 3.8) is 0 Å². The summed E-state index contributed by atoms with van der Waals surface area (Å²) in [4.78, 5) is 24.0.